The number of carbonyl (C=O) groups is 1. The molecule has 1 fully saturated rings. The van der Waals surface area contributed by atoms with Crippen LogP contribution in [0.15, 0.2) is 29.3 Å². The molecular formula is C20H23N7O2. The van der Waals surface area contributed by atoms with Crippen LogP contribution in [0.25, 0.3) is 22.5 Å². The lowest BCUT2D eigenvalue weighted by atomic mass is 10.0. The molecule has 4 rings (SSSR count). The van der Waals surface area contributed by atoms with E-state index in [0.29, 0.717) is 44.2 Å². The van der Waals surface area contributed by atoms with Crippen LogP contribution in [0.5, 0.6) is 0 Å². The number of rotatable bonds is 4. The van der Waals surface area contributed by atoms with Crippen LogP contribution in [0.4, 0.5) is 5.95 Å². The highest BCUT2D eigenvalue weighted by Crippen LogP contribution is 2.34. The van der Waals surface area contributed by atoms with Crippen LogP contribution in [0.1, 0.15) is 25.3 Å². The zero-order chi connectivity index (χ0) is 20.4. The monoisotopic (exact) mass is 393 g/mol. The summed E-state index contributed by atoms with van der Waals surface area (Å²) in [5.74, 6) is 1.49. The lowest BCUT2D eigenvalue weighted by molar-refractivity contribution is -0.129. The molecule has 9 heteroatoms. The molecule has 0 N–H and O–H groups in total. The smallest absolute Gasteiger partial charge is 0.226 e. The Morgan fingerprint density at radius 3 is 2.59 bits per heavy atom. The Kier molecular flexibility index (Phi) is 5.20. The molecule has 1 amide bonds. The third-order valence-electron chi connectivity index (χ3n) is 5.11. The minimum Gasteiger partial charge on any atom is -0.360 e. The Hall–Kier alpha value is -3.36. The van der Waals surface area contributed by atoms with Crippen LogP contribution < -0.4 is 4.90 Å². The Morgan fingerprint density at radius 2 is 1.93 bits per heavy atom. The quantitative estimate of drug-likeness (QED) is 0.664. The maximum absolute atomic E-state index is 11.6. The van der Waals surface area contributed by atoms with Gasteiger partial charge in [-0.1, -0.05) is 12.1 Å². The fourth-order valence-corrected chi connectivity index (χ4v) is 3.52. The Labute approximate surface area is 168 Å². The molecule has 150 valence electrons. The summed E-state index contributed by atoms with van der Waals surface area (Å²) in [7, 11) is 0. The Morgan fingerprint density at radius 1 is 1.14 bits per heavy atom. The van der Waals surface area contributed by atoms with E-state index in [4.69, 9.17) is 9.51 Å². The fraction of sp³-hybridized carbons (Fsp3) is 0.400. The molecule has 1 saturated heterocycles. The van der Waals surface area contributed by atoms with E-state index in [0.717, 1.165) is 28.3 Å². The predicted molar refractivity (Wildman–Crippen MR) is 107 cm³/mol. The molecule has 9 nitrogen and oxygen atoms in total. The SMILES string of the molecule is CCc1onc(C)c1-c1nc(N2CCN(C(C)=O)CC2)ncc1-c1cnccn1. The van der Waals surface area contributed by atoms with Crippen molar-refractivity contribution in [2.45, 2.75) is 27.2 Å². The number of carbonyl (C=O) groups excluding carboxylic acids is 1. The molecular weight excluding hydrogens is 370 g/mol. The molecule has 0 spiro atoms. The van der Waals surface area contributed by atoms with Gasteiger partial charge in [0.2, 0.25) is 11.9 Å². The first kappa shape index (κ1) is 19.0. The molecule has 0 aliphatic carbocycles. The maximum atomic E-state index is 11.6. The molecule has 1 aliphatic heterocycles. The van der Waals surface area contributed by atoms with Gasteiger partial charge >= 0.3 is 0 Å². The second kappa shape index (κ2) is 7.94. The van der Waals surface area contributed by atoms with Crippen LogP contribution in [0.2, 0.25) is 0 Å². The summed E-state index contributed by atoms with van der Waals surface area (Å²) in [6.07, 6.45) is 7.46. The maximum Gasteiger partial charge on any atom is 0.226 e. The van der Waals surface area contributed by atoms with Gasteiger partial charge in [-0.2, -0.15) is 0 Å². The molecule has 0 radical (unpaired) electrons. The summed E-state index contributed by atoms with van der Waals surface area (Å²) in [5, 5.41) is 4.14. The standard InChI is InChI=1S/C20H23N7O2/c1-4-17-18(13(2)25-29-17)19-15(16-12-21-5-6-22-16)11-23-20(24-19)27-9-7-26(8-10-27)14(3)28/h5-6,11-12H,4,7-10H2,1-3H3. The van der Waals surface area contributed by atoms with Crippen molar-refractivity contribution in [1.82, 2.24) is 30.0 Å². The normalized spacial score (nSPS) is 14.3. The summed E-state index contributed by atoms with van der Waals surface area (Å²) < 4.78 is 5.51. The van der Waals surface area contributed by atoms with E-state index >= 15 is 0 Å². The Balaban J connectivity index is 1.77. The minimum absolute atomic E-state index is 0.0944. The minimum atomic E-state index is 0.0944. The predicted octanol–water partition coefficient (Wildman–Crippen LogP) is 2.13. The van der Waals surface area contributed by atoms with Crippen LogP contribution in [-0.2, 0) is 11.2 Å². The molecule has 0 atom stereocenters. The molecule has 1 aliphatic rings. The molecule has 0 saturated carbocycles. The molecule has 0 aromatic carbocycles. The van der Waals surface area contributed by atoms with Gasteiger partial charge in [0, 0.05) is 63.7 Å². The van der Waals surface area contributed by atoms with E-state index in [2.05, 4.69) is 25.0 Å². The van der Waals surface area contributed by atoms with Crippen LogP contribution in [0.3, 0.4) is 0 Å². The van der Waals surface area contributed by atoms with E-state index in [9.17, 15) is 4.79 Å². The molecule has 4 heterocycles. The summed E-state index contributed by atoms with van der Waals surface area (Å²) in [5.41, 5.74) is 3.86. The number of amides is 1. The second-order valence-corrected chi connectivity index (χ2v) is 6.94. The van der Waals surface area contributed by atoms with Crippen molar-refractivity contribution in [3.63, 3.8) is 0 Å². The van der Waals surface area contributed by atoms with Crippen LogP contribution >= 0.6 is 0 Å². The zero-order valence-electron chi connectivity index (χ0n) is 16.8. The second-order valence-electron chi connectivity index (χ2n) is 6.94. The van der Waals surface area contributed by atoms with Crippen molar-refractivity contribution in [3.05, 3.63) is 36.2 Å². The summed E-state index contributed by atoms with van der Waals surface area (Å²) in [6, 6.07) is 0. The first-order valence-electron chi connectivity index (χ1n) is 9.68. The van der Waals surface area contributed by atoms with Gasteiger partial charge in [-0.25, -0.2) is 9.97 Å². The van der Waals surface area contributed by atoms with Crippen molar-refractivity contribution in [3.8, 4) is 22.5 Å². The van der Waals surface area contributed by atoms with Gasteiger partial charge in [-0.15, -0.1) is 0 Å². The lowest BCUT2D eigenvalue weighted by Gasteiger charge is -2.34. The van der Waals surface area contributed by atoms with Crippen molar-refractivity contribution >= 4 is 11.9 Å². The summed E-state index contributed by atoms with van der Waals surface area (Å²) in [4.78, 5) is 33.6. The van der Waals surface area contributed by atoms with Gasteiger partial charge in [-0.3, -0.25) is 14.8 Å². The van der Waals surface area contributed by atoms with Gasteiger partial charge in [0.25, 0.3) is 0 Å². The number of hydrogen-bond acceptors (Lipinski definition) is 8. The van der Waals surface area contributed by atoms with E-state index in [-0.39, 0.29) is 5.91 Å². The molecule has 3 aromatic heterocycles. The fourth-order valence-electron chi connectivity index (χ4n) is 3.52. The average molecular weight is 393 g/mol. The van der Waals surface area contributed by atoms with Crippen molar-refractivity contribution in [1.29, 1.82) is 0 Å². The number of anilines is 1. The highest BCUT2D eigenvalue weighted by atomic mass is 16.5. The molecule has 29 heavy (non-hydrogen) atoms. The third kappa shape index (κ3) is 3.67. The van der Waals surface area contributed by atoms with Crippen molar-refractivity contribution in [2.24, 2.45) is 0 Å². The van der Waals surface area contributed by atoms with E-state index in [1.54, 1.807) is 31.7 Å². The topological polar surface area (TPSA) is 101 Å². The summed E-state index contributed by atoms with van der Waals surface area (Å²) in [6.45, 7) is 8.22. The van der Waals surface area contributed by atoms with E-state index in [1.807, 2.05) is 18.7 Å². The van der Waals surface area contributed by atoms with Crippen LogP contribution in [-0.4, -0.2) is 62.1 Å². The number of hydrogen-bond donors (Lipinski definition) is 0. The van der Waals surface area contributed by atoms with Gasteiger partial charge in [0.1, 0.15) is 5.76 Å². The molecule has 0 unspecified atom stereocenters. The number of nitrogens with zero attached hydrogens (tertiary/aromatic N) is 7. The third-order valence-corrected chi connectivity index (χ3v) is 5.11. The van der Waals surface area contributed by atoms with Crippen molar-refractivity contribution in [2.75, 3.05) is 31.1 Å². The lowest BCUT2D eigenvalue weighted by Crippen LogP contribution is -2.48. The number of piperazine rings is 1. The Bertz CT molecular complexity index is 1010. The molecule has 3 aromatic rings. The zero-order valence-corrected chi connectivity index (χ0v) is 16.8. The molecule has 0 bridgehead atoms. The van der Waals surface area contributed by atoms with E-state index < -0.39 is 0 Å². The first-order chi connectivity index (χ1) is 14.1. The average Bonchev–Trinajstić information content (AvgIpc) is 3.14. The van der Waals surface area contributed by atoms with Gasteiger partial charge in [0.05, 0.1) is 28.8 Å². The highest BCUT2D eigenvalue weighted by molar-refractivity contribution is 5.81. The van der Waals surface area contributed by atoms with Gasteiger partial charge < -0.3 is 14.3 Å². The largest absolute Gasteiger partial charge is 0.360 e. The van der Waals surface area contributed by atoms with Crippen LogP contribution in [0, 0.1) is 6.92 Å². The highest BCUT2D eigenvalue weighted by Gasteiger charge is 2.25. The van der Waals surface area contributed by atoms with Gasteiger partial charge in [-0.05, 0) is 6.92 Å². The van der Waals surface area contributed by atoms with Gasteiger partial charge in [0.15, 0.2) is 0 Å². The number of aryl methyl sites for hydroxylation is 2. The number of aromatic nitrogens is 5. The van der Waals surface area contributed by atoms with E-state index in [1.165, 1.54) is 0 Å². The van der Waals surface area contributed by atoms with Crippen molar-refractivity contribution < 1.29 is 9.32 Å². The summed E-state index contributed by atoms with van der Waals surface area (Å²) >= 11 is 0. The first-order valence-corrected chi connectivity index (χ1v) is 9.68.